The number of carbonyl (C=O) groups excluding carboxylic acids is 1. The maximum Gasteiger partial charge on any atom is 0.257 e. The van der Waals surface area contributed by atoms with Crippen LogP contribution in [0.15, 0.2) is 18.2 Å². The van der Waals surface area contributed by atoms with E-state index < -0.39 is 11.1 Å². The highest BCUT2D eigenvalue weighted by Crippen LogP contribution is 2.27. The maximum atomic E-state index is 12.4. The van der Waals surface area contributed by atoms with Gasteiger partial charge in [0.15, 0.2) is 0 Å². The Labute approximate surface area is 120 Å². The molecule has 0 saturated carbocycles. The summed E-state index contributed by atoms with van der Waals surface area (Å²) in [4.78, 5) is 12.4. The van der Waals surface area contributed by atoms with E-state index >= 15 is 0 Å². The van der Waals surface area contributed by atoms with E-state index in [1.807, 2.05) is 6.92 Å². The fourth-order valence-electron chi connectivity index (χ4n) is 1.57. The summed E-state index contributed by atoms with van der Waals surface area (Å²) in [5, 5.41) is 12.9. The summed E-state index contributed by atoms with van der Waals surface area (Å²) in [7, 11) is 0. The highest BCUT2D eigenvalue weighted by atomic mass is 16.5. The Morgan fingerprint density at radius 3 is 2.45 bits per heavy atom. The first-order valence-electron chi connectivity index (χ1n) is 6.66. The normalized spacial score (nSPS) is 12.1. The molecule has 5 heteroatoms. The van der Waals surface area contributed by atoms with Gasteiger partial charge in [-0.15, -0.1) is 0 Å². The lowest BCUT2D eigenvalue weighted by molar-refractivity contribution is -0.00297. The third-order valence-electron chi connectivity index (χ3n) is 3.54. The number of benzene rings is 1. The average molecular weight is 280 g/mol. The van der Waals surface area contributed by atoms with Crippen molar-refractivity contribution in [3.63, 3.8) is 0 Å². The first-order valence-corrected chi connectivity index (χ1v) is 6.66. The van der Waals surface area contributed by atoms with Crippen molar-refractivity contribution in [2.24, 2.45) is 0 Å². The molecular weight excluding hydrogens is 256 g/mol. The van der Waals surface area contributed by atoms with Gasteiger partial charge in [-0.3, -0.25) is 4.79 Å². The van der Waals surface area contributed by atoms with Gasteiger partial charge in [-0.05, 0) is 46.8 Å². The predicted octanol–water partition coefficient (Wildman–Crippen LogP) is 1.95. The van der Waals surface area contributed by atoms with Crippen molar-refractivity contribution < 1.29 is 14.6 Å². The number of hydrogen-bond acceptors (Lipinski definition) is 4. The lowest BCUT2D eigenvalue weighted by Crippen LogP contribution is -2.57. The molecule has 0 aliphatic rings. The van der Waals surface area contributed by atoms with Crippen LogP contribution in [0.3, 0.4) is 0 Å². The van der Waals surface area contributed by atoms with Crippen LogP contribution in [0.5, 0.6) is 5.75 Å². The van der Waals surface area contributed by atoms with Gasteiger partial charge in [0, 0.05) is 5.69 Å². The van der Waals surface area contributed by atoms with Gasteiger partial charge in [0.2, 0.25) is 0 Å². The first kappa shape index (κ1) is 16.3. The Morgan fingerprint density at radius 2 is 1.95 bits per heavy atom. The van der Waals surface area contributed by atoms with Crippen LogP contribution < -0.4 is 15.8 Å². The van der Waals surface area contributed by atoms with Crippen LogP contribution in [-0.4, -0.2) is 28.8 Å². The molecule has 0 fully saturated rings. The minimum absolute atomic E-state index is 0.298. The maximum absolute atomic E-state index is 12.4. The molecule has 20 heavy (non-hydrogen) atoms. The van der Waals surface area contributed by atoms with Gasteiger partial charge in [0.25, 0.3) is 5.91 Å². The van der Waals surface area contributed by atoms with Crippen molar-refractivity contribution in [1.82, 2.24) is 5.32 Å². The van der Waals surface area contributed by atoms with E-state index in [1.165, 1.54) is 0 Å². The number of amides is 1. The van der Waals surface area contributed by atoms with Gasteiger partial charge in [0.1, 0.15) is 11.3 Å². The van der Waals surface area contributed by atoms with Crippen molar-refractivity contribution in [2.45, 2.75) is 45.8 Å². The van der Waals surface area contributed by atoms with Crippen molar-refractivity contribution >= 4 is 11.6 Å². The third kappa shape index (κ3) is 3.42. The number of ether oxygens (including phenoxy) is 1. The number of aliphatic hydroxyl groups is 1. The Kier molecular flexibility index (Phi) is 4.65. The smallest absolute Gasteiger partial charge is 0.257 e. The molecule has 112 valence electrons. The Hall–Kier alpha value is -1.75. The Morgan fingerprint density at radius 1 is 1.35 bits per heavy atom. The Bertz CT molecular complexity index is 490. The second kappa shape index (κ2) is 5.71. The molecule has 1 aromatic rings. The van der Waals surface area contributed by atoms with Crippen LogP contribution in [0, 0.1) is 0 Å². The third-order valence-corrected chi connectivity index (χ3v) is 3.54. The topological polar surface area (TPSA) is 84.6 Å². The van der Waals surface area contributed by atoms with Gasteiger partial charge in [-0.2, -0.15) is 0 Å². The Balaban J connectivity index is 3.10. The summed E-state index contributed by atoms with van der Waals surface area (Å²) in [6, 6.07) is 5.08. The molecule has 0 aliphatic carbocycles. The number of rotatable bonds is 5. The fourth-order valence-corrected chi connectivity index (χ4v) is 1.57. The van der Waals surface area contributed by atoms with E-state index in [2.05, 4.69) is 5.32 Å². The molecule has 1 aromatic carbocycles. The van der Waals surface area contributed by atoms with E-state index in [0.717, 1.165) is 0 Å². The van der Waals surface area contributed by atoms with E-state index in [4.69, 9.17) is 10.5 Å². The van der Waals surface area contributed by atoms with Gasteiger partial charge in [-0.1, -0.05) is 6.07 Å². The van der Waals surface area contributed by atoms with Crippen LogP contribution in [0.1, 0.15) is 45.0 Å². The second-order valence-corrected chi connectivity index (χ2v) is 5.79. The van der Waals surface area contributed by atoms with Gasteiger partial charge >= 0.3 is 0 Å². The van der Waals surface area contributed by atoms with Crippen LogP contribution in [-0.2, 0) is 0 Å². The van der Waals surface area contributed by atoms with Gasteiger partial charge < -0.3 is 20.9 Å². The summed E-state index contributed by atoms with van der Waals surface area (Å²) < 4.78 is 5.44. The molecule has 4 N–H and O–H groups in total. The molecule has 0 unspecified atom stereocenters. The zero-order chi connectivity index (χ0) is 15.6. The molecule has 0 saturated heterocycles. The molecule has 0 atom stereocenters. The number of carbonyl (C=O) groups is 1. The summed E-state index contributed by atoms with van der Waals surface area (Å²) in [6.45, 7) is 9.08. The quantitative estimate of drug-likeness (QED) is 0.720. The fraction of sp³-hybridized carbons (Fsp3) is 0.533. The minimum Gasteiger partial charge on any atom is -0.493 e. The number of nitrogen functional groups attached to an aromatic ring is 1. The standard InChI is InChI=1S/C15H24N2O3/c1-6-20-11-9-7-8-10(16)12(11)13(18)17-14(2,3)15(4,5)19/h7-9,19H,6,16H2,1-5H3,(H,17,18). The van der Waals surface area contributed by atoms with E-state index in [9.17, 15) is 9.90 Å². The number of anilines is 1. The SMILES string of the molecule is CCOc1cccc(N)c1C(=O)NC(C)(C)C(C)(C)O. The molecule has 0 bridgehead atoms. The van der Waals surface area contributed by atoms with Crippen LogP contribution in [0.4, 0.5) is 5.69 Å². The van der Waals surface area contributed by atoms with Crippen molar-refractivity contribution in [1.29, 1.82) is 0 Å². The average Bonchev–Trinajstić information content (AvgIpc) is 2.27. The van der Waals surface area contributed by atoms with Crippen LogP contribution >= 0.6 is 0 Å². The van der Waals surface area contributed by atoms with E-state index in [1.54, 1.807) is 45.9 Å². The van der Waals surface area contributed by atoms with Gasteiger partial charge in [-0.25, -0.2) is 0 Å². The molecule has 0 spiro atoms. The summed E-state index contributed by atoms with van der Waals surface area (Å²) in [6.07, 6.45) is 0. The first-order chi connectivity index (χ1) is 9.10. The number of nitrogens with one attached hydrogen (secondary N) is 1. The van der Waals surface area contributed by atoms with Crippen molar-refractivity contribution in [3.05, 3.63) is 23.8 Å². The minimum atomic E-state index is -1.07. The second-order valence-electron chi connectivity index (χ2n) is 5.79. The molecule has 1 rings (SSSR count). The predicted molar refractivity (Wildman–Crippen MR) is 79.9 cm³/mol. The number of nitrogens with two attached hydrogens (primary N) is 1. The largest absolute Gasteiger partial charge is 0.493 e. The lowest BCUT2D eigenvalue weighted by Gasteiger charge is -2.38. The molecule has 0 aromatic heterocycles. The van der Waals surface area contributed by atoms with Crippen LogP contribution in [0.2, 0.25) is 0 Å². The number of hydrogen-bond donors (Lipinski definition) is 3. The molecule has 5 nitrogen and oxygen atoms in total. The highest BCUT2D eigenvalue weighted by Gasteiger charge is 2.37. The van der Waals surface area contributed by atoms with Crippen molar-refractivity contribution in [3.8, 4) is 5.75 Å². The molecular formula is C15H24N2O3. The summed E-state index contributed by atoms with van der Waals surface area (Å²) in [5.41, 5.74) is 4.64. The van der Waals surface area contributed by atoms with E-state index in [0.29, 0.717) is 23.6 Å². The summed E-state index contributed by atoms with van der Waals surface area (Å²) >= 11 is 0. The summed E-state index contributed by atoms with van der Waals surface area (Å²) in [5.74, 6) is 0.0789. The zero-order valence-electron chi connectivity index (χ0n) is 12.8. The molecule has 0 aliphatic heterocycles. The monoisotopic (exact) mass is 280 g/mol. The zero-order valence-corrected chi connectivity index (χ0v) is 12.8. The highest BCUT2D eigenvalue weighted by molar-refractivity contribution is 6.02. The van der Waals surface area contributed by atoms with E-state index in [-0.39, 0.29) is 5.91 Å². The molecule has 0 radical (unpaired) electrons. The lowest BCUT2D eigenvalue weighted by atomic mass is 9.85. The van der Waals surface area contributed by atoms with Crippen LogP contribution in [0.25, 0.3) is 0 Å². The molecule has 0 heterocycles. The van der Waals surface area contributed by atoms with Gasteiger partial charge in [0.05, 0.1) is 17.7 Å². The van der Waals surface area contributed by atoms with Crippen molar-refractivity contribution in [2.75, 3.05) is 12.3 Å². The molecule has 1 amide bonds.